The molecule has 0 bridgehead atoms. The normalized spacial score (nSPS) is 15.9. The molecule has 1 atom stereocenters. The monoisotopic (exact) mass is 267 g/mol. The van der Waals surface area contributed by atoms with E-state index in [2.05, 4.69) is 48.6 Å². The van der Waals surface area contributed by atoms with Gasteiger partial charge in [-0.15, -0.1) is 0 Å². The van der Waals surface area contributed by atoms with Gasteiger partial charge < -0.3 is 10.1 Å². The van der Waals surface area contributed by atoms with E-state index < -0.39 is 0 Å². The summed E-state index contributed by atoms with van der Waals surface area (Å²) in [6.45, 7) is 2.21. The van der Waals surface area contributed by atoms with Crippen molar-refractivity contribution in [2.45, 2.75) is 31.8 Å². The van der Waals surface area contributed by atoms with Crippen LogP contribution in [0.1, 0.15) is 29.7 Å². The average Bonchev–Trinajstić information content (AvgIpc) is 2.89. The van der Waals surface area contributed by atoms with E-state index in [1.807, 2.05) is 12.1 Å². The highest BCUT2D eigenvalue weighted by atomic mass is 16.5. The molecular formula is C18H21NO. The largest absolute Gasteiger partial charge is 0.496 e. The van der Waals surface area contributed by atoms with Crippen LogP contribution in [-0.2, 0) is 12.8 Å². The summed E-state index contributed by atoms with van der Waals surface area (Å²) < 4.78 is 5.45. The van der Waals surface area contributed by atoms with E-state index in [-0.39, 0.29) is 0 Å². The summed E-state index contributed by atoms with van der Waals surface area (Å²) in [6.07, 6.45) is 2.24. The lowest BCUT2D eigenvalue weighted by atomic mass is 10.1. The van der Waals surface area contributed by atoms with E-state index in [9.17, 15) is 0 Å². The number of hydrogen-bond acceptors (Lipinski definition) is 2. The molecule has 1 N–H and O–H groups in total. The molecule has 2 nitrogen and oxygen atoms in total. The Balaban J connectivity index is 1.70. The molecule has 0 amide bonds. The molecule has 0 aliphatic heterocycles. The number of fused-ring (bicyclic) bond motifs is 1. The lowest BCUT2D eigenvalue weighted by molar-refractivity contribution is 0.394. The Morgan fingerprint density at radius 3 is 2.25 bits per heavy atom. The Bertz CT molecular complexity index is 568. The van der Waals surface area contributed by atoms with Gasteiger partial charge in [-0.3, -0.25) is 0 Å². The van der Waals surface area contributed by atoms with Crippen molar-refractivity contribution in [3.8, 4) is 5.75 Å². The molecule has 20 heavy (non-hydrogen) atoms. The first kappa shape index (κ1) is 13.2. The predicted octanol–water partition coefficient (Wildman–Crippen LogP) is 3.51. The smallest absolute Gasteiger partial charge is 0.123 e. The van der Waals surface area contributed by atoms with Gasteiger partial charge in [0.1, 0.15) is 5.75 Å². The molecule has 1 unspecified atom stereocenters. The topological polar surface area (TPSA) is 21.3 Å². The molecule has 0 heterocycles. The third kappa shape index (κ3) is 2.56. The van der Waals surface area contributed by atoms with Crippen LogP contribution in [0.2, 0.25) is 0 Å². The molecule has 0 spiro atoms. The third-order valence-electron chi connectivity index (χ3n) is 4.14. The number of nitrogens with one attached hydrogen (secondary N) is 1. The number of para-hydroxylation sites is 1. The highest BCUT2D eigenvalue weighted by Gasteiger charge is 2.23. The number of rotatable bonds is 4. The fraction of sp³-hybridized carbons (Fsp3) is 0.333. The second-order valence-electron chi connectivity index (χ2n) is 5.50. The maximum atomic E-state index is 5.45. The van der Waals surface area contributed by atoms with Crippen LogP contribution in [0, 0.1) is 0 Å². The number of benzene rings is 2. The van der Waals surface area contributed by atoms with Crippen molar-refractivity contribution in [1.29, 1.82) is 0 Å². The number of methoxy groups -OCH3 is 1. The lowest BCUT2D eigenvalue weighted by Crippen LogP contribution is -2.32. The van der Waals surface area contributed by atoms with Gasteiger partial charge in [0.05, 0.1) is 7.11 Å². The van der Waals surface area contributed by atoms with Crippen LogP contribution in [0.4, 0.5) is 0 Å². The molecule has 2 heteroatoms. The molecule has 2 aromatic carbocycles. The van der Waals surface area contributed by atoms with Crippen molar-refractivity contribution < 1.29 is 4.74 Å². The standard InChI is InChI=1S/C18H21NO/c1-13(17-9-5-6-10-18(17)20-2)19-16-11-14-7-3-4-8-15(14)12-16/h3-10,13,16,19H,11-12H2,1-2H3. The quantitative estimate of drug-likeness (QED) is 0.915. The van der Waals surface area contributed by atoms with Gasteiger partial charge in [0.25, 0.3) is 0 Å². The van der Waals surface area contributed by atoms with Gasteiger partial charge in [0.15, 0.2) is 0 Å². The molecule has 0 radical (unpaired) electrons. The summed E-state index contributed by atoms with van der Waals surface area (Å²) >= 11 is 0. The van der Waals surface area contributed by atoms with E-state index in [1.165, 1.54) is 16.7 Å². The summed E-state index contributed by atoms with van der Waals surface area (Å²) in [5, 5.41) is 3.74. The Kier molecular flexibility index (Phi) is 3.75. The SMILES string of the molecule is COc1ccccc1C(C)NC1Cc2ccccc2C1. The highest BCUT2D eigenvalue weighted by Crippen LogP contribution is 2.27. The van der Waals surface area contributed by atoms with Crippen LogP contribution in [-0.4, -0.2) is 13.2 Å². The van der Waals surface area contributed by atoms with Crippen molar-refractivity contribution in [2.24, 2.45) is 0 Å². The first-order valence-electron chi connectivity index (χ1n) is 7.23. The zero-order chi connectivity index (χ0) is 13.9. The van der Waals surface area contributed by atoms with Crippen LogP contribution in [0.15, 0.2) is 48.5 Å². The molecule has 0 aromatic heterocycles. The van der Waals surface area contributed by atoms with Crippen molar-refractivity contribution in [1.82, 2.24) is 5.32 Å². The zero-order valence-electron chi connectivity index (χ0n) is 12.1. The summed E-state index contributed by atoms with van der Waals surface area (Å²) in [5.41, 5.74) is 4.19. The van der Waals surface area contributed by atoms with Crippen molar-refractivity contribution >= 4 is 0 Å². The van der Waals surface area contributed by atoms with Crippen LogP contribution in [0.25, 0.3) is 0 Å². The predicted molar refractivity (Wildman–Crippen MR) is 82.2 cm³/mol. The molecule has 104 valence electrons. The molecular weight excluding hydrogens is 246 g/mol. The molecule has 3 rings (SSSR count). The second-order valence-corrected chi connectivity index (χ2v) is 5.50. The summed E-state index contributed by atoms with van der Waals surface area (Å²) in [4.78, 5) is 0. The number of ether oxygens (including phenoxy) is 1. The Morgan fingerprint density at radius 1 is 1.00 bits per heavy atom. The fourth-order valence-corrected chi connectivity index (χ4v) is 3.14. The van der Waals surface area contributed by atoms with Gasteiger partial charge in [0, 0.05) is 17.6 Å². The first-order chi connectivity index (χ1) is 9.78. The Hall–Kier alpha value is -1.80. The van der Waals surface area contributed by atoms with Crippen molar-refractivity contribution in [3.05, 3.63) is 65.2 Å². The van der Waals surface area contributed by atoms with Crippen LogP contribution in [0.3, 0.4) is 0 Å². The van der Waals surface area contributed by atoms with Gasteiger partial charge in [-0.25, -0.2) is 0 Å². The van der Waals surface area contributed by atoms with E-state index >= 15 is 0 Å². The minimum absolute atomic E-state index is 0.297. The average molecular weight is 267 g/mol. The second kappa shape index (κ2) is 5.68. The molecule has 0 saturated heterocycles. The van der Waals surface area contributed by atoms with Crippen molar-refractivity contribution in [2.75, 3.05) is 7.11 Å². The van der Waals surface area contributed by atoms with Gasteiger partial charge >= 0.3 is 0 Å². The summed E-state index contributed by atoms with van der Waals surface area (Å²) in [6, 6.07) is 17.8. The minimum Gasteiger partial charge on any atom is -0.496 e. The molecule has 0 fully saturated rings. The van der Waals surface area contributed by atoms with Gasteiger partial charge in [-0.1, -0.05) is 42.5 Å². The Morgan fingerprint density at radius 2 is 1.60 bits per heavy atom. The minimum atomic E-state index is 0.297. The van der Waals surface area contributed by atoms with E-state index in [4.69, 9.17) is 4.74 Å². The Labute approximate surface area is 120 Å². The third-order valence-corrected chi connectivity index (χ3v) is 4.14. The van der Waals surface area contributed by atoms with Gasteiger partial charge in [-0.05, 0) is 37.0 Å². The van der Waals surface area contributed by atoms with Gasteiger partial charge in [0.2, 0.25) is 0 Å². The summed E-state index contributed by atoms with van der Waals surface area (Å²) in [7, 11) is 1.73. The van der Waals surface area contributed by atoms with Crippen LogP contribution < -0.4 is 10.1 Å². The summed E-state index contributed by atoms with van der Waals surface area (Å²) in [5.74, 6) is 0.961. The van der Waals surface area contributed by atoms with Gasteiger partial charge in [-0.2, -0.15) is 0 Å². The molecule has 2 aromatic rings. The highest BCUT2D eigenvalue weighted by molar-refractivity contribution is 5.37. The molecule has 0 saturated carbocycles. The fourth-order valence-electron chi connectivity index (χ4n) is 3.14. The zero-order valence-corrected chi connectivity index (χ0v) is 12.1. The van der Waals surface area contributed by atoms with Crippen LogP contribution >= 0.6 is 0 Å². The molecule has 1 aliphatic rings. The van der Waals surface area contributed by atoms with Crippen LogP contribution in [0.5, 0.6) is 5.75 Å². The lowest BCUT2D eigenvalue weighted by Gasteiger charge is -2.21. The molecule has 1 aliphatic carbocycles. The maximum Gasteiger partial charge on any atom is 0.123 e. The first-order valence-corrected chi connectivity index (χ1v) is 7.23. The number of hydrogen-bond donors (Lipinski definition) is 1. The van der Waals surface area contributed by atoms with E-state index in [0.717, 1.165) is 18.6 Å². The van der Waals surface area contributed by atoms with E-state index in [1.54, 1.807) is 7.11 Å². The van der Waals surface area contributed by atoms with Crippen molar-refractivity contribution in [3.63, 3.8) is 0 Å². The van der Waals surface area contributed by atoms with E-state index in [0.29, 0.717) is 12.1 Å². The maximum absolute atomic E-state index is 5.45.